The second kappa shape index (κ2) is 6.77. The van der Waals surface area contributed by atoms with Gasteiger partial charge in [-0.15, -0.1) is 0 Å². The highest BCUT2D eigenvalue weighted by atomic mass is 16.2. The van der Waals surface area contributed by atoms with E-state index < -0.39 is 0 Å². The summed E-state index contributed by atoms with van der Waals surface area (Å²) in [5.74, 6) is 2.04. The van der Waals surface area contributed by atoms with Gasteiger partial charge in [0.25, 0.3) is 0 Å². The molecule has 120 valence electrons. The molecular weight excluding hydrogens is 288 g/mol. The number of carbonyl (C=O) groups excluding carboxylic acids is 1. The third-order valence-corrected chi connectivity index (χ3v) is 4.20. The number of aromatic nitrogens is 2. The molecule has 0 spiro atoms. The van der Waals surface area contributed by atoms with Gasteiger partial charge in [-0.3, -0.25) is 4.79 Å². The minimum atomic E-state index is 0.146. The average molecular weight is 310 g/mol. The van der Waals surface area contributed by atoms with Crippen molar-refractivity contribution in [2.24, 2.45) is 0 Å². The lowest BCUT2D eigenvalue weighted by Crippen LogP contribution is -2.37. The molecule has 0 radical (unpaired) electrons. The normalized spacial score (nSPS) is 17.8. The SMILES string of the molecule is CC(=O)N1CCCC(c2cccc(Nc3cccc(C)n3)n2)C1. The molecule has 0 saturated carbocycles. The van der Waals surface area contributed by atoms with Gasteiger partial charge in [0.15, 0.2) is 0 Å². The van der Waals surface area contributed by atoms with Crippen LogP contribution in [0.4, 0.5) is 11.6 Å². The topological polar surface area (TPSA) is 58.1 Å². The molecular formula is C18H22N4O. The molecule has 1 aliphatic rings. The number of pyridine rings is 2. The van der Waals surface area contributed by atoms with E-state index in [1.807, 2.05) is 48.2 Å². The van der Waals surface area contributed by atoms with Gasteiger partial charge in [-0.05, 0) is 44.0 Å². The zero-order valence-electron chi connectivity index (χ0n) is 13.6. The lowest BCUT2D eigenvalue weighted by Gasteiger charge is -2.31. The molecule has 5 nitrogen and oxygen atoms in total. The Morgan fingerprint density at radius 3 is 2.65 bits per heavy atom. The van der Waals surface area contributed by atoms with E-state index in [0.717, 1.165) is 49.0 Å². The van der Waals surface area contributed by atoms with Crippen molar-refractivity contribution in [2.75, 3.05) is 18.4 Å². The number of aryl methyl sites for hydroxylation is 1. The maximum absolute atomic E-state index is 11.6. The van der Waals surface area contributed by atoms with Crippen LogP contribution in [0.15, 0.2) is 36.4 Å². The first-order valence-corrected chi connectivity index (χ1v) is 8.05. The Kier molecular flexibility index (Phi) is 4.55. The fraction of sp³-hybridized carbons (Fsp3) is 0.389. The Labute approximate surface area is 136 Å². The summed E-state index contributed by atoms with van der Waals surface area (Å²) in [5.41, 5.74) is 2.00. The Hall–Kier alpha value is -2.43. The van der Waals surface area contributed by atoms with E-state index in [2.05, 4.69) is 10.3 Å². The fourth-order valence-corrected chi connectivity index (χ4v) is 3.00. The van der Waals surface area contributed by atoms with Crippen molar-refractivity contribution < 1.29 is 4.79 Å². The lowest BCUT2D eigenvalue weighted by molar-refractivity contribution is -0.130. The van der Waals surface area contributed by atoms with Crippen LogP contribution in [0.3, 0.4) is 0 Å². The quantitative estimate of drug-likeness (QED) is 0.945. The number of nitrogens with one attached hydrogen (secondary N) is 1. The zero-order chi connectivity index (χ0) is 16.2. The van der Waals surface area contributed by atoms with Crippen molar-refractivity contribution in [3.63, 3.8) is 0 Å². The molecule has 3 rings (SSSR count). The van der Waals surface area contributed by atoms with Crippen LogP contribution in [0, 0.1) is 6.92 Å². The van der Waals surface area contributed by atoms with Gasteiger partial charge < -0.3 is 10.2 Å². The molecule has 1 atom stereocenters. The number of rotatable bonds is 3. The predicted octanol–water partition coefficient (Wildman–Crippen LogP) is 3.25. The van der Waals surface area contributed by atoms with Crippen LogP contribution >= 0.6 is 0 Å². The molecule has 3 heterocycles. The molecule has 2 aromatic heterocycles. The number of carbonyl (C=O) groups is 1. The van der Waals surface area contributed by atoms with Gasteiger partial charge in [-0.25, -0.2) is 9.97 Å². The Morgan fingerprint density at radius 1 is 1.17 bits per heavy atom. The van der Waals surface area contributed by atoms with Gasteiger partial charge >= 0.3 is 0 Å². The molecule has 1 N–H and O–H groups in total. The Bertz CT molecular complexity index is 701. The zero-order valence-corrected chi connectivity index (χ0v) is 13.6. The molecule has 5 heteroatoms. The summed E-state index contributed by atoms with van der Waals surface area (Å²) in [6.07, 6.45) is 2.10. The predicted molar refractivity (Wildman–Crippen MR) is 90.7 cm³/mol. The van der Waals surface area contributed by atoms with Gasteiger partial charge in [0.1, 0.15) is 11.6 Å². The van der Waals surface area contributed by atoms with Gasteiger partial charge in [0, 0.05) is 37.3 Å². The van der Waals surface area contributed by atoms with E-state index in [9.17, 15) is 4.79 Å². The summed E-state index contributed by atoms with van der Waals surface area (Å²) in [6, 6.07) is 11.9. The summed E-state index contributed by atoms with van der Waals surface area (Å²) >= 11 is 0. The molecule has 1 aliphatic heterocycles. The first-order valence-electron chi connectivity index (χ1n) is 8.05. The van der Waals surface area contributed by atoms with Crippen molar-refractivity contribution in [1.82, 2.24) is 14.9 Å². The minimum absolute atomic E-state index is 0.146. The molecule has 2 aromatic rings. The van der Waals surface area contributed by atoms with Crippen molar-refractivity contribution in [3.05, 3.63) is 47.8 Å². The highest BCUT2D eigenvalue weighted by Gasteiger charge is 2.23. The van der Waals surface area contributed by atoms with E-state index in [1.54, 1.807) is 6.92 Å². The average Bonchev–Trinajstić information content (AvgIpc) is 2.55. The monoisotopic (exact) mass is 310 g/mol. The molecule has 1 saturated heterocycles. The smallest absolute Gasteiger partial charge is 0.219 e. The second-order valence-electron chi connectivity index (χ2n) is 6.04. The highest BCUT2D eigenvalue weighted by Crippen LogP contribution is 2.26. The highest BCUT2D eigenvalue weighted by molar-refractivity contribution is 5.73. The number of nitrogens with zero attached hydrogens (tertiary/aromatic N) is 3. The summed E-state index contributed by atoms with van der Waals surface area (Å²) < 4.78 is 0. The van der Waals surface area contributed by atoms with E-state index in [4.69, 9.17) is 4.98 Å². The van der Waals surface area contributed by atoms with E-state index in [1.165, 1.54) is 0 Å². The Balaban J connectivity index is 1.75. The molecule has 0 aromatic carbocycles. The first-order chi connectivity index (χ1) is 11.1. The minimum Gasteiger partial charge on any atom is -0.342 e. The number of piperidine rings is 1. The number of amides is 1. The second-order valence-corrected chi connectivity index (χ2v) is 6.04. The third-order valence-electron chi connectivity index (χ3n) is 4.20. The summed E-state index contributed by atoms with van der Waals surface area (Å²) in [4.78, 5) is 22.7. The lowest BCUT2D eigenvalue weighted by atomic mass is 9.94. The van der Waals surface area contributed by atoms with Crippen LogP contribution in [0.25, 0.3) is 0 Å². The van der Waals surface area contributed by atoms with Crippen LogP contribution in [0.1, 0.15) is 37.1 Å². The maximum Gasteiger partial charge on any atom is 0.219 e. The molecule has 0 bridgehead atoms. The van der Waals surface area contributed by atoms with Gasteiger partial charge in [-0.2, -0.15) is 0 Å². The van der Waals surface area contributed by atoms with Gasteiger partial charge in [-0.1, -0.05) is 12.1 Å². The van der Waals surface area contributed by atoms with E-state index in [0.29, 0.717) is 5.92 Å². The van der Waals surface area contributed by atoms with Crippen LogP contribution in [-0.2, 0) is 4.79 Å². The van der Waals surface area contributed by atoms with Crippen LogP contribution in [0.5, 0.6) is 0 Å². The number of hydrogen-bond donors (Lipinski definition) is 1. The molecule has 0 aliphatic carbocycles. The third kappa shape index (κ3) is 3.86. The van der Waals surface area contributed by atoms with Crippen molar-refractivity contribution in [1.29, 1.82) is 0 Å². The fourth-order valence-electron chi connectivity index (χ4n) is 3.00. The van der Waals surface area contributed by atoms with E-state index in [-0.39, 0.29) is 5.91 Å². The van der Waals surface area contributed by atoms with E-state index >= 15 is 0 Å². The van der Waals surface area contributed by atoms with Gasteiger partial charge in [0.05, 0.1) is 0 Å². The number of anilines is 2. The number of hydrogen-bond acceptors (Lipinski definition) is 4. The Morgan fingerprint density at radius 2 is 1.91 bits per heavy atom. The van der Waals surface area contributed by atoms with Gasteiger partial charge in [0.2, 0.25) is 5.91 Å². The van der Waals surface area contributed by atoms with Crippen molar-refractivity contribution >= 4 is 17.5 Å². The number of likely N-dealkylation sites (tertiary alicyclic amines) is 1. The molecule has 1 amide bonds. The van der Waals surface area contributed by atoms with Crippen molar-refractivity contribution in [2.45, 2.75) is 32.6 Å². The maximum atomic E-state index is 11.6. The first kappa shape index (κ1) is 15.5. The molecule has 23 heavy (non-hydrogen) atoms. The standard InChI is InChI=1S/C18H22N4O/c1-13-6-3-9-17(19-13)21-18-10-4-8-16(20-18)15-7-5-11-22(12-15)14(2)23/h3-4,6,8-10,15H,5,7,11-12H2,1-2H3,(H,19,20,21). The summed E-state index contributed by atoms with van der Waals surface area (Å²) in [6.45, 7) is 5.22. The van der Waals surface area contributed by atoms with Crippen LogP contribution in [0.2, 0.25) is 0 Å². The largest absolute Gasteiger partial charge is 0.342 e. The van der Waals surface area contributed by atoms with Crippen molar-refractivity contribution in [3.8, 4) is 0 Å². The van der Waals surface area contributed by atoms with Crippen LogP contribution in [-0.4, -0.2) is 33.9 Å². The van der Waals surface area contributed by atoms with Crippen LogP contribution < -0.4 is 5.32 Å². The molecule has 1 fully saturated rings. The summed E-state index contributed by atoms with van der Waals surface area (Å²) in [7, 11) is 0. The summed E-state index contributed by atoms with van der Waals surface area (Å²) in [5, 5.41) is 3.26. The molecule has 1 unspecified atom stereocenters.